The minimum Gasteiger partial charge on any atom is -0.487 e. The van der Waals surface area contributed by atoms with E-state index in [1.165, 1.54) is 7.11 Å². The second-order valence-electron chi connectivity index (χ2n) is 5.91. The van der Waals surface area contributed by atoms with E-state index in [9.17, 15) is 4.79 Å². The van der Waals surface area contributed by atoms with Gasteiger partial charge in [-0.3, -0.25) is 14.8 Å². The van der Waals surface area contributed by atoms with Gasteiger partial charge in [0.15, 0.2) is 0 Å². The first-order valence-electron chi connectivity index (χ1n) is 7.98. The van der Waals surface area contributed by atoms with Crippen LogP contribution in [-0.4, -0.2) is 23.0 Å². The maximum absolute atomic E-state index is 11.5. The molecule has 0 aliphatic rings. The number of ether oxygens (including phenoxy) is 2. The van der Waals surface area contributed by atoms with Crippen molar-refractivity contribution in [1.29, 1.82) is 0 Å². The zero-order valence-electron chi connectivity index (χ0n) is 14.8. The number of carbonyl (C=O) groups is 1. The van der Waals surface area contributed by atoms with Crippen molar-refractivity contribution in [1.82, 2.24) is 9.97 Å². The normalized spacial score (nSPS) is 10.9. The van der Waals surface area contributed by atoms with Crippen LogP contribution in [0.2, 0.25) is 0 Å². The smallest absolute Gasteiger partial charge is 0.310 e. The molecule has 2 aromatic heterocycles. The zero-order valence-corrected chi connectivity index (χ0v) is 15.6. The van der Waals surface area contributed by atoms with Crippen LogP contribution in [0.4, 0.5) is 0 Å². The molecule has 0 atom stereocenters. The molecule has 6 heteroatoms. The van der Waals surface area contributed by atoms with E-state index in [1.807, 2.05) is 38.3 Å². The molecular formula is C19H20N2O3S. The van der Waals surface area contributed by atoms with E-state index >= 15 is 0 Å². The van der Waals surface area contributed by atoms with E-state index < -0.39 is 0 Å². The van der Waals surface area contributed by atoms with Crippen LogP contribution >= 0.6 is 11.3 Å². The summed E-state index contributed by atoms with van der Waals surface area (Å²) in [5.74, 6) is 0.590. The van der Waals surface area contributed by atoms with Crippen molar-refractivity contribution in [3.05, 3.63) is 51.9 Å². The molecule has 0 unspecified atom stereocenters. The minimum atomic E-state index is -0.230. The largest absolute Gasteiger partial charge is 0.487 e. The molecule has 0 aliphatic heterocycles. The van der Waals surface area contributed by atoms with Crippen LogP contribution < -0.4 is 4.74 Å². The fourth-order valence-corrected chi connectivity index (χ4v) is 3.78. The van der Waals surface area contributed by atoms with E-state index in [0.29, 0.717) is 6.61 Å². The molecule has 0 saturated carbocycles. The summed E-state index contributed by atoms with van der Waals surface area (Å²) in [5, 5.41) is 3.08. The quantitative estimate of drug-likeness (QED) is 0.649. The molecule has 0 amide bonds. The highest BCUT2D eigenvalue weighted by atomic mass is 32.1. The number of methoxy groups -OCH3 is 1. The van der Waals surface area contributed by atoms with Gasteiger partial charge in [-0.2, -0.15) is 0 Å². The molecule has 0 bridgehead atoms. The first kappa shape index (κ1) is 17.4. The average molecular weight is 356 g/mol. The molecule has 0 aliphatic carbocycles. The third-order valence-corrected chi connectivity index (χ3v) is 5.28. The van der Waals surface area contributed by atoms with E-state index in [0.717, 1.165) is 44.0 Å². The zero-order chi connectivity index (χ0) is 18.0. The Morgan fingerprint density at radius 1 is 1.24 bits per heavy atom. The van der Waals surface area contributed by atoms with Crippen molar-refractivity contribution >= 4 is 27.4 Å². The summed E-state index contributed by atoms with van der Waals surface area (Å²) >= 11 is 1.62. The van der Waals surface area contributed by atoms with Gasteiger partial charge in [-0.1, -0.05) is 0 Å². The van der Waals surface area contributed by atoms with Gasteiger partial charge in [-0.05, 0) is 49.2 Å². The van der Waals surface area contributed by atoms with Crippen LogP contribution in [0.1, 0.15) is 28.2 Å². The number of esters is 1. The van der Waals surface area contributed by atoms with Crippen LogP contribution in [0.15, 0.2) is 23.7 Å². The standard InChI is InChI=1S/C19H20N2O3S/c1-11-8-20-16(13(3)21-11)9-24-17-6-5-15-14(7-18(22)23-4)10-25-19(15)12(17)2/h5-6,8,10H,7,9H2,1-4H3. The monoisotopic (exact) mass is 356 g/mol. The summed E-state index contributed by atoms with van der Waals surface area (Å²) in [4.78, 5) is 20.3. The maximum Gasteiger partial charge on any atom is 0.310 e. The average Bonchev–Trinajstić information content (AvgIpc) is 2.99. The Kier molecular flexibility index (Phi) is 4.99. The van der Waals surface area contributed by atoms with Crippen molar-refractivity contribution < 1.29 is 14.3 Å². The van der Waals surface area contributed by atoms with E-state index in [2.05, 4.69) is 9.97 Å². The van der Waals surface area contributed by atoms with Crippen molar-refractivity contribution in [2.75, 3.05) is 7.11 Å². The van der Waals surface area contributed by atoms with E-state index in [1.54, 1.807) is 17.5 Å². The van der Waals surface area contributed by atoms with Crippen molar-refractivity contribution in [3.63, 3.8) is 0 Å². The van der Waals surface area contributed by atoms with Gasteiger partial charge in [0.25, 0.3) is 0 Å². The Morgan fingerprint density at radius 2 is 2.04 bits per heavy atom. The predicted molar refractivity (Wildman–Crippen MR) is 98.1 cm³/mol. The highest BCUT2D eigenvalue weighted by molar-refractivity contribution is 7.17. The molecule has 0 fully saturated rings. The summed E-state index contributed by atoms with van der Waals surface area (Å²) < 4.78 is 11.9. The minimum absolute atomic E-state index is 0.230. The molecule has 0 N–H and O–H groups in total. The number of thiophene rings is 1. The first-order valence-corrected chi connectivity index (χ1v) is 8.86. The molecule has 3 aromatic rings. The molecule has 5 nitrogen and oxygen atoms in total. The second-order valence-corrected chi connectivity index (χ2v) is 6.79. The number of carbonyl (C=O) groups excluding carboxylic acids is 1. The van der Waals surface area contributed by atoms with Crippen LogP contribution in [0.25, 0.3) is 10.1 Å². The van der Waals surface area contributed by atoms with Gasteiger partial charge in [0.2, 0.25) is 0 Å². The Hall–Kier alpha value is -2.47. The number of nitrogens with zero attached hydrogens (tertiary/aromatic N) is 2. The number of hydrogen-bond acceptors (Lipinski definition) is 6. The Morgan fingerprint density at radius 3 is 2.76 bits per heavy atom. The maximum atomic E-state index is 11.5. The topological polar surface area (TPSA) is 61.3 Å². The molecule has 2 heterocycles. The number of aryl methyl sites for hydroxylation is 3. The van der Waals surface area contributed by atoms with Crippen LogP contribution in [0.5, 0.6) is 5.75 Å². The fourth-order valence-electron chi connectivity index (χ4n) is 2.70. The fraction of sp³-hybridized carbons (Fsp3) is 0.316. The Balaban J connectivity index is 1.83. The van der Waals surface area contributed by atoms with Crippen molar-refractivity contribution in [2.45, 2.75) is 33.8 Å². The molecule has 1 aromatic carbocycles. The van der Waals surface area contributed by atoms with Gasteiger partial charge in [-0.25, -0.2) is 0 Å². The van der Waals surface area contributed by atoms with E-state index in [4.69, 9.17) is 9.47 Å². The highest BCUT2D eigenvalue weighted by Gasteiger charge is 2.13. The lowest BCUT2D eigenvalue weighted by Gasteiger charge is -2.11. The Labute approximate surface area is 150 Å². The van der Waals surface area contributed by atoms with Crippen molar-refractivity contribution in [2.24, 2.45) is 0 Å². The second kappa shape index (κ2) is 7.19. The number of hydrogen-bond donors (Lipinski definition) is 0. The van der Waals surface area contributed by atoms with Crippen molar-refractivity contribution in [3.8, 4) is 5.75 Å². The van der Waals surface area contributed by atoms with Gasteiger partial charge in [-0.15, -0.1) is 11.3 Å². The summed E-state index contributed by atoms with van der Waals surface area (Å²) in [6.07, 6.45) is 2.04. The van der Waals surface area contributed by atoms with Gasteiger partial charge >= 0.3 is 5.97 Å². The lowest BCUT2D eigenvalue weighted by Crippen LogP contribution is -2.05. The summed E-state index contributed by atoms with van der Waals surface area (Å²) in [6.45, 7) is 6.27. The number of aromatic nitrogens is 2. The van der Waals surface area contributed by atoms with Crippen LogP contribution in [0, 0.1) is 20.8 Å². The third-order valence-electron chi connectivity index (χ3n) is 4.12. The molecular weight excluding hydrogens is 336 g/mol. The number of rotatable bonds is 5. The third kappa shape index (κ3) is 3.64. The van der Waals surface area contributed by atoms with E-state index in [-0.39, 0.29) is 12.4 Å². The molecule has 3 rings (SSSR count). The van der Waals surface area contributed by atoms with Gasteiger partial charge < -0.3 is 9.47 Å². The summed E-state index contributed by atoms with van der Waals surface area (Å²) in [5.41, 5.74) is 4.67. The molecule has 0 saturated heterocycles. The highest BCUT2D eigenvalue weighted by Crippen LogP contribution is 2.34. The molecule has 0 spiro atoms. The summed E-state index contributed by atoms with van der Waals surface area (Å²) in [7, 11) is 1.41. The predicted octanol–water partition coefficient (Wildman–Crippen LogP) is 3.91. The molecule has 25 heavy (non-hydrogen) atoms. The lowest BCUT2D eigenvalue weighted by atomic mass is 10.1. The van der Waals surface area contributed by atoms with Crippen LogP contribution in [0.3, 0.4) is 0 Å². The number of fused-ring (bicyclic) bond motifs is 1. The van der Waals surface area contributed by atoms with Gasteiger partial charge in [0.05, 0.1) is 30.6 Å². The molecule has 130 valence electrons. The summed E-state index contributed by atoms with van der Waals surface area (Å²) in [6, 6.07) is 3.95. The SMILES string of the molecule is COC(=O)Cc1csc2c(C)c(OCc3ncc(C)nc3C)ccc12. The lowest BCUT2D eigenvalue weighted by molar-refractivity contribution is -0.139. The Bertz CT molecular complexity index is 934. The molecule has 0 radical (unpaired) electrons. The first-order chi connectivity index (χ1) is 12.0. The van der Waals surface area contributed by atoms with Crippen LogP contribution in [-0.2, 0) is 22.6 Å². The number of benzene rings is 1. The van der Waals surface area contributed by atoms with Gasteiger partial charge in [0, 0.05) is 16.5 Å². The van der Waals surface area contributed by atoms with Gasteiger partial charge in [0.1, 0.15) is 12.4 Å².